The van der Waals surface area contributed by atoms with Crippen molar-refractivity contribution in [3.63, 3.8) is 0 Å². The summed E-state index contributed by atoms with van der Waals surface area (Å²) in [4.78, 5) is 29.0. The van der Waals surface area contributed by atoms with Gasteiger partial charge in [-0.15, -0.1) is 0 Å². The van der Waals surface area contributed by atoms with Crippen LogP contribution in [0.4, 0.5) is 33.3 Å². The van der Waals surface area contributed by atoms with E-state index in [-0.39, 0.29) is 36.5 Å². The molecule has 0 aromatic heterocycles. The van der Waals surface area contributed by atoms with Gasteiger partial charge in [-0.25, -0.2) is 8.78 Å². The van der Waals surface area contributed by atoms with E-state index in [1.807, 2.05) is 11.8 Å². The summed E-state index contributed by atoms with van der Waals surface area (Å²) in [6.07, 6.45) is -3.56. The molecule has 4 rings (SSSR count). The summed E-state index contributed by atoms with van der Waals surface area (Å²) in [5, 5.41) is 8.76. The number of piperidine rings is 1. The maximum Gasteiger partial charge on any atom is 0.390 e. The molecule has 0 saturated carbocycles. The van der Waals surface area contributed by atoms with Crippen molar-refractivity contribution in [3.8, 4) is 0 Å². The molecule has 2 aromatic rings. The Morgan fingerprint density at radius 2 is 1.90 bits per heavy atom. The van der Waals surface area contributed by atoms with E-state index in [0.29, 0.717) is 49.0 Å². The lowest BCUT2D eigenvalue weighted by molar-refractivity contribution is -0.138. The van der Waals surface area contributed by atoms with Gasteiger partial charge in [-0.1, -0.05) is 17.7 Å². The van der Waals surface area contributed by atoms with Crippen molar-refractivity contribution in [2.45, 2.75) is 44.9 Å². The van der Waals surface area contributed by atoms with Crippen LogP contribution in [-0.4, -0.2) is 68.2 Å². The predicted octanol–water partition coefficient (Wildman–Crippen LogP) is 4.95. The maximum atomic E-state index is 15.0. The third-order valence-electron chi connectivity index (χ3n) is 7.47. The first kappa shape index (κ1) is 31.0. The van der Waals surface area contributed by atoms with E-state index in [1.165, 1.54) is 18.2 Å². The van der Waals surface area contributed by atoms with Gasteiger partial charge in [0, 0.05) is 55.9 Å². The number of alkyl halides is 3. The first-order valence-electron chi connectivity index (χ1n) is 13.5. The zero-order valence-electron chi connectivity index (χ0n) is 22.6. The van der Waals surface area contributed by atoms with Crippen LogP contribution in [0.5, 0.6) is 0 Å². The number of nitrogens with zero attached hydrogens (tertiary/aromatic N) is 2. The summed E-state index contributed by atoms with van der Waals surface area (Å²) in [7, 11) is 0. The molecule has 224 valence electrons. The molecule has 7 nitrogen and oxygen atoms in total. The number of benzene rings is 2. The number of piperazine rings is 1. The molecule has 0 spiro atoms. The smallest absolute Gasteiger partial charge is 0.365 e. The van der Waals surface area contributed by atoms with Gasteiger partial charge in [0.05, 0.1) is 29.3 Å². The fourth-order valence-corrected chi connectivity index (χ4v) is 5.39. The van der Waals surface area contributed by atoms with Gasteiger partial charge in [-0.3, -0.25) is 14.5 Å². The van der Waals surface area contributed by atoms with E-state index in [1.54, 1.807) is 11.0 Å². The fraction of sp³-hybridized carbons (Fsp3) is 0.500. The molecule has 3 N–H and O–H groups in total. The molecule has 2 amide bonds. The lowest BCUT2D eigenvalue weighted by Crippen LogP contribution is -2.52. The first-order valence-corrected chi connectivity index (χ1v) is 13.9. The van der Waals surface area contributed by atoms with Crippen LogP contribution in [0.25, 0.3) is 0 Å². The highest BCUT2D eigenvalue weighted by atomic mass is 35.5. The van der Waals surface area contributed by atoms with Crippen LogP contribution in [0.2, 0.25) is 5.02 Å². The second-order valence-electron chi connectivity index (χ2n) is 10.5. The molecule has 2 saturated heterocycles. The van der Waals surface area contributed by atoms with E-state index in [2.05, 4.69) is 16.0 Å². The molecular formula is C28H33ClF5N5O2. The summed E-state index contributed by atoms with van der Waals surface area (Å²) in [5.41, 5.74) is 0.221. The minimum Gasteiger partial charge on any atom is -0.365 e. The summed E-state index contributed by atoms with van der Waals surface area (Å²) in [6.45, 7) is 4.01. The van der Waals surface area contributed by atoms with Gasteiger partial charge in [0.2, 0.25) is 5.91 Å². The molecule has 2 atom stereocenters. The van der Waals surface area contributed by atoms with Gasteiger partial charge < -0.3 is 20.9 Å². The van der Waals surface area contributed by atoms with Crippen molar-refractivity contribution >= 4 is 34.8 Å². The Morgan fingerprint density at radius 1 is 1.12 bits per heavy atom. The Morgan fingerprint density at radius 3 is 2.59 bits per heavy atom. The molecular weight excluding hydrogens is 569 g/mol. The number of amides is 2. The third kappa shape index (κ3) is 8.08. The highest BCUT2D eigenvalue weighted by Crippen LogP contribution is 2.33. The van der Waals surface area contributed by atoms with Crippen molar-refractivity contribution in [1.82, 2.24) is 15.5 Å². The SMILES string of the molecule is C[C@@H]1CN(CCC(F)(F)F)CCN1c1cc(Cl)ccc1NC(=O)c1ccc(CNC(=O)[C@@H]2CCCNC2)c(F)c1F. The van der Waals surface area contributed by atoms with Crippen molar-refractivity contribution in [2.75, 3.05) is 49.5 Å². The van der Waals surface area contributed by atoms with Gasteiger partial charge in [0.1, 0.15) is 0 Å². The Kier molecular flexibility index (Phi) is 10.1. The van der Waals surface area contributed by atoms with E-state index >= 15 is 0 Å². The van der Waals surface area contributed by atoms with Crippen molar-refractivity contribution in [1.29, 1.82) is 0 Å². The number of halogens is 6. The molecule has 2 aliphatic rings. The van der Waals surface area contributed by atoms with E-state index < -0.39 is 35.7 Å². The van der Waals surface area contributed by atoms with Gasteiger partial charge >= 0.3 is 6.18 Å². The number of rotatable bonds is 8. The molecule has 2 fully saturated rings. The Hall–Kier alpha value is -2.96. The number of hydrogen-bond acceptors (Lipinski definition) is 5. The molecule has 0 bridgehead atoms. The van der Waals surface area contributed by atoms with Crippen molar-refractivity contribution in [2.24, 2.45) is 5.92 Å². The van der Waals surface area contributed by atoms with Crippen molar-refractivity contribution in [3.05, 3.63) is 58.1 Å². The van der Waals surface area contributed by atoms with Crippen LogP contribution in [-0.2, 0) is 11.3 Å². The second kappa shape index (κ2) is 13.3. The quantitative estimate of drug-likeness (QED) is 0.374. The van der Waals surface area contributed by atoms with Crippen LogP contribution >= 0.6 is 11.6 Å². The minimum absolute atomic E-state index is 0.0828. The molecule has 13 heteroatoms. The van der Waals surface area contributed by atoms with Crippen LogP contribution in [0.3, 0.4) is 0 Å². The second-order valence-corrected chi connectivity index (χ2v) is 10.9. The van der Waals surface area contributed by atoms with Crippen LogP contribution in [0.15, 0.2) is 30.3 Å². The topological polar surface area (TPSA) is 76.7 Å². The van der Waals surface area contributed by atoms with E-state index in [4.69, 9.17) is 11.6 Å². The molecule has 2 heterocycles. The third-order valence-corrected chi connectivity index (χ3v) is 7.70. The number of anilines is 2. The van der Waals surface area contributed by atoms with Crippen LogP contribution in [0.1, 0.15) is 42.1 Å². The molecule has 0 unspecified atom stereocenters. The summed E-state index contributed by atoms with van der Waals surface area (Å²) < 4.78 is 67.9. The molecule has 2 aromatic carbocycles. The predicted molar refractivity (Wildman–Crippen MR) is 147 cm³/mol. The molecule has 0 aliphatic carbocycles. The minimum atomic E-state index is -4.24. The lowest BCUT2D eigenvalue weighted by atomic mass is 9.98. The fourth-order valence-electron chi connectivity index (χ4n) is 5.22. The highest BCUT2D eigenvalue weighted by Gasteiger charge is 2.31. The molecule has 2 aliphatic heterocycles. The number of carbonyl (C=O) groups excluding carboxylic acids is 2. The van der Waals surface area contributed by atoms with Crippen LogP contribution < -0.4 is 20.9 Å². The average molecular weight is 602 g/mol. The normalized spacial score (nSPS) is 20.1. The van der Waals surface area contributed by atoms with Gasteiger partial charge in [0.25, 0.3) is 5.91 Å². The monoisotopic (exact) mass is 601 g/mol. The number of nitrogens with one attached hydrogen (secondary N) is 3. The molecule has 0 radical (unpaired) electrons. The van der Waals surface area contributed by atoms with Gasteiger partial charge in [-0.05, 0) is 50.6 Å². The largest absolute Gasteiger partial charge is 0.390 e. The Labute approximate surface area is 240 Å². The zero-order chi connectivity index (χ0) is 29.7. The standard InChI is InChI=1S/C28H33ClF5N5O2/c1-17-16-38(10-8-28(32,33)34)11-12-39(17)23-13-20(29)5-7-22(23)37-27(41)21-6-4-18(24(30)25(21)31)15-36-26(40)19-3-2-9-35-14-19/h4-7,13,17,19,35H,2-3,8-12,14-16H2,1H3,(H,36,40)(H,37,41)/t17-,19-/m1/s1. The summed E-state index contributed by atoms with van der Waals surface area (Å²) >= 11 is 6.21. The van der Waals surface area contributed by atoms with Gasteiger partial charge in [-0.2, -0.15) is 13.2 Å². The van der Waals surface area contributed by atoms with E-state index in [0.717, 1.165) is 19.0 Å². The Bertz CT molecular complexity index is 1260. The lowest BCUT2D eigenvalue weighted by Gasteiger charge is -2.42. The maximum absolute atomic E-state index is 15.0. The van der Waals surface area contributed by atoms with Crippen molar-refractivity contribution < 1.29 is 31.5 Å². The molecule has 41 heavy (non-hydrogen) atoms. The van der Waals surface area contributed by atoms with E-state index in [9.17, 15) is 31.5 Å². The Balaban J connectivity index is 1.43. The summed E-state index contributed by atoms with van der Waals surface area (Å²) in [5.74, 6) is -3.92. The first-order chi connectivity index (χ1) is 19.4. The van der Waals surface area contributed by atoms with Gasteiger partial charge in [0.15, 0.2) is 11.6 Å². The highest BCUT2D eigenvalue weighted by molar-refractivity contribution is 6.31. The average Bonchev–Trinajstić information content (AvgIpc) is 2.93. The number of hydrogen-bond donors (Lipinski definition) is 3. The number of carbonyl (C=O) groups is 2. The zero-order valence-corrected chi connectivity index (χ0v) is 23.3. The summed E-state index contributed by atoms with van der Waals surface area (Å²) in [6, 6.07) is 6.90. The van der Waals surface area contributed by atoms with Crippen LogP contribution in [0, 0.1) is 17.6 Å².